The van der Waals surface area contributed by atoms with Gasteiger partial charge in [-0.3, -0.25) is 0 Å². The lowest BCUT2D eigenvalue weighted by Gasteiger charge is -2.07. The van der Waals surface area contributed by atoms with Gasteiger partial charge < -0.3 is 5.73 Å². The standard InChI is InChI=1S/C12H8BrClFNS/c13-9-5-12(11(16)6-10(9)15)17-8-3-1-7(14)2-4-8/h1-6H,16H2. The summed E-state index contributed by atoms with van der Waals surface area (Å²) < 4.78 is 13.6. The summed E-state index contributed by atoms with van der Waals surface area (Å²) in [6.07, 6.45) is 0. The van der Waals surface area contributed by atoms with Gasteiger partial charge in [0.2, 0.25) is 0 Å². The number of hydrogen-bond donors (Lipinski definition) is 1. The third kappa shape index (κ3) is 3.15. The summed E-state index contributed by atoms with van der Waals surface area (Å²) in [5.41, 5.74) is 6.18. The van der Waals surface area contributed by atoms with Crippen molar-refractivity contribution in [2.24, 2.45) is 0 Å². The van der Waals surface area contributed by atoms with Crippen LogP contribution in [0.3, 0.4) is 0 Å². The van der Waals surface area contributed by atoms with Gasteiger partial charge in [0.1, 0.15) is 5.82 Å². The van der Waals surface area contributed by atoms with Crippen LogP contribution in [-0.2, 0) is 0 Å². The van der Waals surface area contributed by atoms with E-state index >= 15 is 0 Å². The lowest BCUT2D eigenvalue weighted by molar-refractivity contribution is 0.620. The molecule has 0 amide bonds. The van der Waals surface area contributed by atoms with Gasteiger partial charge in [-0.1, -0.05) is 23.4 Å². The number of rotatable bonds is 2. The number of halogens is 3. The van der Waals surface area contributed by atoms with Crippen LogP contribution in [0, 0.1) is 5.82 Å². The maximum Gasteiger partial charge on any atom is 0.139 e. The van der Waals surface area contributed by atoms with Crippen LogP contribution in [0.15, 0.2) is 50.7 Å². The van der Waals surface area contributed by atoms with Crippen molar-refractivity contribution >= 4 is 45.0 Å². The molecule has 5 heteroatoms. The molecule has 0 saturated carbocycles. The van der Waals surface area contributed by atoms with Crippen molar-refractivity contribution in [3.63, 3.8) is 0 Å². The molecule has 0 heterocycles. The highest BCUT2D eigenvalue weighted by Crippen LogP contribution is 2.35. The van der Waals surface area contributed by atoms with Crippen molar-refractivity contribution in [1.82, 2.24) is 0 Å². The fraction of sp³-hybridized carbons (Fsp3) is 0. The summed E-state index contributed by atoms with van der Waals surface area (Å²) in [5.74, 6) is -0.358. The smallest absolute Gasteiger partial charge is 0.139 e. The quantitative estimate of drug-likeness (QED) is 0.785. The molecule has 2 N–H and O–H groups in total. The topological polar surface area (TPSA) is 26.0 Å². The van der Waals surface area contributed by atoms with Crippen molar-refractivity contribution < 1.29 is 4.39 Å². The average Bonchev–Trinajstić information content (AvgIpc) is 2.29. The molecule has 0 saturated heterocycles. The van der Waals surface area contributed by atoms with E-state index in [4.69, 9.17) is 17.3 Å². The van der Waals surface area contributed by atoms with Gasteiger partial charge in [-0.2, -0.15) is 0 Å². The van der Waals surface area contributed by atoms with Crippen LogP contribution < -0.4 is 5.73 Å². The molecule has 0 unspecified atom stereocenters. The maximum atomic E-state index is 13.2. The molecule has 88 valence electrons. The minimum absolute atomic E-state index is 0.358. The molecular weight excluding hydrogens is 325 g/mol. The minimum Gasteiger partial charge on any atom is -0.398 e. The van der Waals surface area contributed by atoms with Gasteiger partial charge in [-0.25, -0.2) is 4.39 Å². The Morgan fingerprint density at radius 3 is 2.47 bits per heavy atom. The van der Waals surface area contributed by atoms with Gasteiger partial charge in [0.25, 0.3) is 0 Å². The first-order chi connectivity index (χ1) is 8.06. The lowest BCUT2D eigenvalue weighted by Crippen LogP contribution is -1.91. The molecule has 2 aromatic rings. The van der Waals surface area contributed by atoms with Crippen LogP contribution in [0.2, 0.25) is 5.02 Å². The molecule has 0 atom stereocenters. The van der Waals surface area contributed by atoms with E-state index in [1.165, 1.54) is 17.8 Å². The Labute approximate surface area is 116 Å². The van der Waals surface area contributed by atoms with Crippen LogP contribution in [0.4, 0.5) is 10.1 Å². The number of nitrogen functional groups attached to an aromatic ring is 1. The van der Waals surface area contributed by atoms with Crippen LogP contribution in [0.25, 0.3) is 0 Å². The van der Waals surface area contributed by atoms with Crippen molar-refractivity contribution in [2.45, 2.75) is 9.79 Å². The SMILES string of the molecule is Nc1cc(F)c(Br)cc1Sc1ccc(Cl)cc1. The molecule has 0 spiro atoms. The molecule has 2 aromatic carbocycles. The Morgan fingerprint density at radius 2 is 1.82 bits per heavy atom. The molecule has 17 heavy (non-hydrogen) atoms. The molecule has 1 nitrogen and oxygen atoms in total. The molecule has 0 fully saturated rings. The number of hydrogen-bond acceptors (Lipinski definition) is 2. The van der Waals surface area contributed by atoms with Gasteiger partial charge in [0.05, 0.1) is 4.47 Å². The zero-order valence-electron chi connectivity index (χ0n) is 8.58. The van der Waals surface area contributed by atoms with Gasteiger partial charge >= 0.3 is 0 Å². The van der Waals surface area contributed by atoms with Crippen molar-refractivity contribution in [2.75, 3.05) is 5.73 Å². The summed E-state index contributed by atoms with van der Waals surface area (Å²) in [5, 5.41) is 0.683. The molecule has 2 rings (SSSR count). The Bertz CT molecular complexity index is 545. The average molecular weight is 333 g/mol. The fourth-order valence-electron chi connectivity index (χ4n) is 1.26. The van der Waals surface area contributed by atoms with E-state index in [0.29, 0.717) is 15.2 Å². The van der Waals surface area contributed by atoms with Gasteiger partial charge in [0, 0.05) is 20.5 Å². The van der Waals surface area contributed by atoms with Crippen molar-refractivity contribution in [3.05, 3.63) is 51.7 Å². The fourth-order valence-corrected chi connectivity index (χ4v) is 2.76. The summed E-state index contributed by atoms with van der Waals surface area (Å²) in [4.78, 5) is 1.81. The zero-order valence-corrected chi connectivity index (χ0v) is 11.7. The second kappa shape index (κ2) is 5.29. The van der Waals surface area contributed by atoms with E-state index in [-0.39, 0.29) is 5.82 Å². The molecular formula is C12H8BrClFNS. The molecule has 0 aromatic heterocycles. The molecule has 0 aliphatic carbocycles. The van der Waals surface area contributed by atoms with Crippen LogP contribution in [0.1, 0.15) is 0 Å². The Balaban J connectivity index is 2.30. The normalized spacial score (nSPS) is 10.5. The zero-order chi connectivity index (χ0) is 12.4. The highest BCUT2D eigenvalue weighted by molar-refractivity contribution is 9.10. The van der Waals surface area contributed by atoms with E-state index in [1.807, 2.05) is 12.1 Å². The van der Waals surface area contributed by atoms with E-state index in [1.54, 1.807) is 18.2 Å². The first-order valence-electron chi connectivity index (χ1n) is 4.74. The highest BCUT2D eigenvalue weighted by atomic mass is 79.9. The predicted octanol–water partition coefficient (Wildman–Crippen LogP) is 4.98. The highest BCUT2D eigenvalue weighted by Gasteiger charge is 2.07. The Morgan fingerprint density at radius 1 is 1.18 bits per heavy atom. The largest absolute Gasteiger partial charge is 0.398 e. The van der Waals surface area contributed by atoms with Crippen LogP contribution in [0.5, 0.6) is 0 Å². The van der Waals surface area contributed by atoms with E-state index < -0.39 is 0 Å². The molecule has 0 radical (unpaired) electrons. The molecule has 0 aliphatic rings. The van der Waals surface area contributed by atoms with Gasteiger partial charge in [0.15, 0.2) is 0 Å². The van der Waals surface area contributed by atoms with Crippen LogP contribution in [-0.4, -0.2) is 0 Å². The number of anilines is 1. The second-order valence-corrected chi connectivity index (χ2v) is 5.77. The van der Waals surface area contributed by atoms with E-state index in [0.717, 1.165) is 9.79 Å². The third-order valence-corrected chi connectivity index (χ3v) is 4.04. The monoisotopic (exact) mass is 331 g/mol. The Hall–Kier alpha value is -0.710. The van der Waals surface area contributed by atoms with Crippen LogP contribution >= 0.6 is 39.3 Å². The first kappa shape index (κ1) is 12.7. The van der Waals surface area contributed by atoms with E-state index in [2.05, 4.69) is 15.9 Å². The van der Waals surface area contributed by atoms with Gasteiger partial charge in [-0.15, -0.1) is 0 Å². The van der Waals surface area contributed by atoms with Crippen molar-refractivity contribution in [1.29, 1.82) is 0 Å². The summed E-state index contributed by atoms with van der Waals surface area (Å²) in [7, 11) is 0. The van der Waals surface area contributed by atoms with E-state index in [9.17, 15) is 4.39 Å². The molecule has 0 aliphatic heterocycles. The lowest BCUT2D eigenvalue weighted by atomic mass is 10.3. The predicted molar refractivity (Wildman–Crippen MR) is 74.1 cm³/mol. The second-order valence-electron chi connectivity index (χ2n) is 3.36. The summed E-state index contributed by atoms with van der Waals surface area (Å²) >= 11 is 10.4. The maximum absolute atomic E-state index is 13.2. The summed E-state index contributed by atoms with van der Waals surface area (Å²) in [6.45, 7) is 0. The third-order valence-electron chi connectivity index (χ3n) is 2.09. The number of nitrogens with two attached hydrogens (primary N) is 1. The summed E-state index contributed by atoms with van der Waals surface area (Å²) in [6, 6.07) is 10.4. The van der Waals surface area contributed by atoms with Crippen molar-refractivity contribution in [3.8, 4) is 0 Å². The van der Waals surface area contributed by atoms with Gasteiger partial charge in [-0.05, 0) is 52.3 Å². The molecule has 0 bridgehead atoms. The minimum atomic E-state index is -0.358. The Kier molecular flexibility index (Phi) is 3.97. The first-order valence-corrected chi connectivity index (χ1v) is 6.73. The number of benzene rings is 2.